The van der Waals surface area contributed by atoms with Gasteiger partial charge in [0.25, 0.3) is 0 Å². The fourth-order valence-electron chi connectivity index (χ4n) is 2.74. The predicted octanol–water partition coefficient (Wildman–Crippen LogP) is 5.71. The minimum absolute atomic E-state index is 0.642. The number of rotatable bonds is 5. The summed E-state index contributed by atoms with van der Waals surface area (Å²) in [4.78, 5) is 1.06. The molecule has 2 aromatic carbocycles. The zero-order valence-corrected chi connectivity index (χ0v) is 15.7. The first-order valence-electron chi connectivity index (χ1n) is 8.24. The minimum atomic E-state index is 0.642. The van der Waals surface area contributed by atoms with E-state index in [0.29, 0.717) is 11.6 Å². The molecule has 0 saturated carbocycles. The normalized spacial score (nSPS) is 10.8. The Bertz CT molecular complexity index is 993. The number of hydrogen-bond donors (Lipinski definition) is 0. The molecular formula is C20H16ClN3OS. The monoisotopic (exact) mass is 381 g/mol. The maximum Gasteiger partial charge on any atom is 0.178 e. The molecular weight excluding hydrogens is 366 g/mol. The molecule has 0 amide bonds. The summed E-state index contributed by atoms with van der Waals surface area (Å²) in [6.07, 6.45) is 0. The van der Waals surface area contributed by atoms with Gasteiger partial charge in [0, 0.05) is 16.3 Å². The fraction of sp³-hybridized carbons (Fsp3) is 0.100. The van der Waals surface area contributed by atoms with Gasteiger partial charge in [-0.25, -0.2) is 0 Å². The first kappa shape index (κ1) is 16.8. The Morgan fingerprint density at radius 2 is 1.69 bits per heavy atom. The summed E-state index contributed by atoms with van der Waals surface area (Å²) in [6.45, 7) is 2.61. The first-order chi connectivity index (χ1) is 12.8. The number of benzene rings is 2. The van der Waals surface area contributed by atoms with E-state index >= 15 is 0 Å². The molecule has 130 valence electrons. The van der Waals surface area contributed by atoms with Crippen molar-refractivity contribution in [3.8, 4) is 33.5 Å². The topological polar surface area (TPSA) is 39.9 Å². The van der Waals surface area contributed by atoms with E-state index in [0.717, 1.165) is 33.5 Å². The molecule has 0 atom stereocenters. The third kappa shape index (κ3) is 3.23. The van der Waals surface area contributed by atoms with Crippen molar-refractivity contribution in [1.29, 1.82) is 0 Å². The smallest absolute Gasteiger partial charge is 0.178 e. The second kappa shape index (κ2) is 7.32. The molecule has 0 aliphatic heterocycles. The third-order valence-corrected chi connectivity index (χ3v) is 5.03. The molecule has 4 aromatic rings. The third-order valence-electron chi connectivity index (χ3n) is 3.91. The average molecular weight is 382 g/mol. The SMILES string of the molecule is CCOc1ccc(-c2nnc(-c3cccs3)n2-c2ccc(Cl)cc2)cc1. The highest BCUT2D eigenvalue weighted by Gasteiger charge is 2.17. The van der Waals surface area contributed by atoms with Gasteiger partial charge >= 0.3 is 0 Å². The molecule has 0 fully saturated rings. The summed E-state index contributed by atoms with van der Waals surface area (Å²) >= 11 is 7.70. The number of halogens is 1. The van der Waals surface area contributed by atoms with Gasteiger partial charge in [-0.3, -0.25) is 4.57 Å². The zero-order chi connectivity index (χ0) is 17.9. The summed E-state index contributed by atoms with van der Waals surface area (Å²) in [5.74, 6) is 2.43. The van der Waals surface area contributed by atoms with Crippen LogP contribution in [0.15, 0.2) is 66.0 Å². The van der Waals surface area contributed by atoms with Crippen LogP contribution in [-0.4, -0.2) is 21.4 Å². The van der Waals surface area contributed by atoms with E-state index in [4.69, 9.17) is 16.3 Å². The van der Waals surface area contributed by atoms with Crippen molar-refractivity contribution in [2.24, 2.45) is 0 Å². The van der Waals surface area contributed by atoms with Crippen LogP contribution in [0.5, 0.6) is 5.75 Å². The molecule has 2 heterocycles. The van der Waals surface area contributed by atoms with E-state index in [2.05, 4.69) is 14.8 Å². The molecule has 26 heavy (non-hydrogen) atoms. The van der Waals surface area contributed by atoms with Crippen molar-refractivity contribution in [3.63, 3.8) is 0 Å². The van der Waals surface area contributed by atoms with Crippen LogP contribution in [-0.2, 0) is 0 Å². The molecule has 0 bridgehead atoms. The Balaban J connectivity index is 1.85. The van der Waals surface area contributed by atoms with Crippen LogP contribution in [0.2, 0.25) is 5.02 Å². The van der Waals surface area contributed by atoms with E-state index < -0.39 is 0 Å². The van der Waals surface area contributed by atoms with Gasteiger partial charge in [-0.2, -0.15) is 0 Å². The predicted molar refractivity (Wildman–Crippen MR) is 106 cm³/mol. The van der Waals surface area contributed by atoms with Gasteiger partial charge in [-0.05, 0) is 66.9 Å². The summed E-state index contributed by atoms with van der Waals surface area (Å²) in [5, 5.41) is 11.6. The number of nitrogens with zero attached hydrogens (tertiary/aromatic N) is 3. The Kier molecular flexibility index (Phi) is 4.73. The molecule has 2 aromatic heterocycles. The highest BCUT2D eigenvalue weighted by molar-refractivity contribution is 7.13. The van der Waals surface area contributed by atoms with Crippen molar-refractivity contribution in [1.82, 2.24) is 14.8 Å². The van der Waals surface area contributed by atoms with Gasteiger partial charge in [-0.1, -0.05) is 17.7 Å². The molecule has 4 rings (SSSR count). The van der Waals surface area contributed by atoms with E-state index in [1.54, 1.807) is 11.3 Å². The lowest BCUT2D eigenvalue weighted by Crippen LogP contribution is -1.99. The van der Waals surface area contributed by atoms with Gasteiger partial charge < -0.3 is 4.74 Å². The molecule has 4 nitrogen and oxygen atoms in total. The lowest BCUT2D eigenvalue weighted by Gasteiger charge is -2.11. The summed E-state index contributed by atoms with van der Waals surface area (Å²) in [6, 6.07) is 19.6. The largest absolute Gasteiger partial charge is 0.494 e. The maximum absolute atomic E-state index is 6.06. The Hall–Kier alpha value is -2.63. The van der Waals surface area contributed by atoms with E-state index in [9.17, 15) is 0 Å². The van der Waals surface area contributed by atoms with E-state index in [1.807, 2.05) is 73.0 Å². The summed E-state index contributed by atoms with van der Waals surface area (Å²) in [5.41, 5.74) is 1.94. The molecule has 0 unspecified atom stereocenters. The summed E-state index contributed by atoms with van der Waals surface area (Å²) in [7, 11) is 0. The zero-order valence-electron chi connectivity index (χ0n) is 14.1. The first-order valence-corrected chi connectivity index (χ1v) is 9.50. The van der Waals surface area contributed by atoms with Crippen LogP contribution in [0.4, 0.5) is 0 Å². The molecule has 0 aliphatic rings. The number of aromatic nitrogens is 3. The van der Waals surface area contributed by atoms with Crippen LogP contribution in [0.25, 0.3) is 27.8 Å². The molecule has 0 radical (unpaired) electrons. The molecule has 6 heteroatoms. The number of hydrogen-bond acceptors (Lipinski definition) is 4. The van der Waals surface area contributed by atoms with Crippen molar-refractivity contribution >= 4 is 22.9 Å². The fourth-order valence-corrected chi connectivity index (χ4v) is 3.56. The molecule has 0 aliphatic carbocycles. The minimum Gasteiger partial charge on any atom is -0.494 e. The van der Waals surface area contributed by atoms with Gasteiger partial charge in [-0.15, -0.1) is 21.5 Å². The maximum atomic E-state index is 6.06. The Morgan fingerprint density at radius 1 is 0.962 bits per heavy atom. The van der Waals surface area contributed by atoms with Crippen LogP contribution in [0.1, 0.15) is 6.92 Å². The van der Waals surface area contributed by atoms with E-state index in [-0.39, 0.29) is 0 Å². The van der Waals surface area contributed by atoms with Gasteiger partial charge in [0.05, 0.1) is 11.5 Å². The number of thiophene rings is 1. The van der Waals surface area contributed by atoms with Gasteiger partial charge in [0.1, 0.15) is 5.75 Å². The van der Waals surface area contributed by atoms with Crippen molar-refractivity contribution in [2.45, 2.75) is 6.92 Å². The van der Waals surface area contributed by atoms with Crippen molar-refractivity contribution < 1.29 is 4.74 Å². The van der Waals surface area contributed by atoms with Gasteiger partial charge in [0.15, 0.2) is 11.6 Å². The lowest BCUT2D eigenvalue weighted by molar-refractivity contribution is 0.340. The Morgan fingerprint density at radius 3 is 2.35 bits per heavy atom. The molecule has 0 spiro atoms. The quantitative estimate of drug-likeness (QED) is 0.444. The highest BCUT2D eigenvalue weighted by atomic mass is 35.5. The van der Waals surface area contributed by atoms with Crippen molar-refractivity contribution in [3.05, 3.63) is 71.1 Å². The second-order valence-electron chi connectivity index (χ2n) is 5.59. The molecule has 0 N–H and O–H groups in total. The van der Waals surface area contributed by atoms with E-state index in [1.165, 1.54) is 0 Å². The molecule has 0 saturated heterocycles. The van der Waals surface area contributed by atoms with Crippen LogP contribution in [0, 0.1) is 0 Å². The average Bonchev–Trinajstić information content (AvgIpc) is 3.33. The Labute approximate surface area is 160 Å². The standard InChI is InChI=1S/C20H16ClN3OS/c1-2-25-17-11-5-14(6-12-17)19-22-23-20(18-4-3-13-26-18)24(19)16-9-7-15(21)8-10-16/h3-13H,2H2,1H3. The van der Waals surface area contributed by atoms with Gasteiger partial charge in [0.2, 0.25) is 0 Å². The highest BCUT2D eigenvalue weighted by Crippen LogP contribution is 2.31. The van der Waals surface area contributed by atoms with Crippen LogP contribution in [0.3, 0.4) is 0 Å². The lowest BCUT2D eigenvalue weighted by atomic mass is 10.2. The second-order valence-corrected chi connectivity index (χ2v) is 6.98. The summed E-state index contributed by atoms with van der Waals surface area (Å²) < 4.78 is 7.59. The number of ether oxygens (including phenoxy) is 1. The van der Waals surface area contributed by atoms with Crippen molar-refractivity contribution in [2.75, 3.05) is 6.61 Å². The van der Waals surface area contributed by atoms with Crippen LogP contribution < -0.4 is 4.74 Å². The van der Waals surface area contributed by atoms with Crippen LogP contribution >= 0.6 is 22.9 Å².